The first kappa shape index (κ1) is 19.9. The first-order chi connectivity index (χ1) is 12.3. The van der Waals surface area contributed by atoms with Crippen LogP contribution in [0.4, 0.5) is 0 Å². The van der Waals surface area contributed by atoms with Crippen LogP contribution in [0.1, 0.15) is 19.2 Å². The summed E-state index contributed by atoms with van der Waals surface area (Å²) in [6.45, 7) is 4.42. The number of carbonyl (C=O) groups is 1. The van der Waals surface area contributed by atoms with Crippen molar-refractivity contribution in [1.82, 2.24) is 20.2 Å². The van der Waals surface area contributed by atoms with E-state index in [9.17, 15) is 4.79 Å². The van der Waals surface area contributed by atoms with Crippen LogP contribution in [0.15, 0.2) is 54.6 Å². The number of aromatic nitrogens is 2. The second-order valence-electron chi connectivity index (χ2n) is 5.89. The molecule has 2 N–H and O–H groups in total. The van der Waals surface area contributed by atoms with Gasteiger partial charge in [-0.2, -0.15) is 0 Å². The summed E-state index contributed by atoms with van der Waals surface area (Å²) in [5.41, 5.74) is 3.09. The van der Waals surface area contributed by atoms with Gasteiger partial charge in [-0.3, -0.25) is 9.36 Å². The molecule has 0 saturated heterocycles. The highest BCUT2D eigenvalue weighted by atomic mass is 35.5. The van der Waals surface area contributed by atoms with E-state index in [1.165, 1.54) is 0 Å². The molecule has 0 unspecified atom stereocenters. The molecule has 0 bridgehead atoms. The average Bonchev–Trinajstić information content (AvgIpc) is 3.02. The third-order valence-electron chi connectivity index (χ3n) is 4.09. The van der Waals surface area contributed by atoms with Gasteiger partial charge in [-0.1, -0.05) is 37.3 Å². The quantitative estimate of drug-likeness (QED) is 0.597. The van der Waals surface area contributed by atoms with E-state index in [-0.39, 0.29) is 18.3 Å². The Morgan fingerprint density at radius 3 is 2.54 bits per heavy atom. The van der Waals surface area contributed by atoms with Gasteiger partial charge in [0.2, 0.25) is 5.91 Å². The van der Waals surface area contributed by atoms with Crippen molar-refractivity contribution >= 4 is 29.3 Å². The molecule has 1 heterocycles. The van der Waals surface area contributed by atoms with E-state index in [0.29, 0.717) is 19.4 Å². The maximum absolute atomic E-state index is 12.1. The van der Waals surface area contributed by atoms with Crippen molar-refractivity contribution in [1.29, 1.82) is 0 Å². The number of benzene rings is 2. The Bertz CT molecular complexity index is 832. The highest BCUT2D eigenvalue weighted by Crippen LogP contribution is 2.22. The Labute approximate surface area is 160 Å². The van der Waals surface area contributed by atoms with E-state index in [4.69, 9.17) is 4.98 Å². The molecule has 6 heteroatoms. The third-order valence-corrected chi connectivity index (χ3v) is 4.09. The van der Waals surface area contributed by atoms with Gasteiger partial charge >= 0.3 is 0 Å². The minimum Gasteiger partial charge on any atom is -0.355 e. The van der Waals surface area contributed by atoms with Gasteiger partial charge in [0.15, 0.2) is 0 Å². The van der Waals surface area contributed by atoms with Crippen LogP contribution in [-0.2, 0) is 11.2 Å². The highest BCUT2D eigenvalue weighted by molar-refractivity contribution is 5.85. The summed E-state index contributed by atoms with van der Waals surface area (Å²) >= 11 is 0. The largest absolute Gasteiger partial charge is 0.355 e. The zero-order valence-corrected chi connectivity index (χ0v) is 15.8. The molecular formula is C20H25ClN4O. The number of likely N-dealkylation sites (N-methyl/N-ethyl adjacent to an activating group) is 1. The highest BCUT2D eigenvalue weighted by Gasteiger charge is 2.13. The van der Waals surface area contributed by atoms with Crippen molar-refractivity contribution in [3.63, 3.8) is 0 Å². The fraction of sp³-hybridized carbons (Fsp3) is 0.300. The van der Waals surface area contributed by atoms with Crippen molar-refractivity contribution in [3.05, 3.63) is 60.4 Å². The summed E-state index contributed by atoms with van der Waals surface area (Å²) in [6, 6.07) is 18.2. The van der Waals surface area contributed by atoms with Crippen LogP contribution in [0, 0.1) is 0 Å². The number of hydrogen-bond acceptors (Lipinski definition) is 3. The summed E-state index contributed by atoms with van der Waals surface area (Å²) < 4.78 is 2.14. The lowest BCUT2D eigenvalue weighted by Crippen LogP contribution is -2.31. The van der Waals surface area contributed by atoms with Gasteiger partial charge in [-0.25, -0.2) is 4.98 Å². The van der Waals surface area contributed by atoms with Crippen LogP contribution in [0.2, 0.25) is 0 Å². The lowest BCUT2D eigenvalue weighted by molar-refractivity contribution is -0.121. The SMILES string of the molecule is CCNCCNC(=O)CCc1nc2ccccc2n1-c1ccccc1.Cl. The number of nitrogens with zero attached hydrogens (tertiary/aromatic N) is 2. The molecule has 2 aromatic carbocycles. The van der Waals surface area contributed by atoms with Crippen LogP contribution in [0.3, 0.4) is 0 Å². The zero-order valence-electron chi connectivity index (χ0n) is 14.9. The van der Waals surface area contributed by atoms with Gasteiger partial charge in [0.1, 0.15) is 5.82 Å². The summed E-state index contributed by atoms with van der Waals surface area (Å²) in [4.78, 5) is 16.8. The van der Waals surface area contributed by atoms with E-state index in [2.05, 4.69) is 40.3 Å². The van der Waals surface area contributed by atoms with Gasteiger partial charge in [-0.15, -0.1) is 12.4 Å². The summed E-state index contributed by atoms with van der Waals surface area (Å²) in [7, 11) is 0. The molecule has 3 aromatic rings. The van der Waals surface area contributed by atoms with Crippen LogP contribution in [-0.4, -0.2) is 35.1 Å². The molecule has 0 aliphatic heterocycles. The topological polar surface area (TPSA) is 58.9 Å². The number of hydrogen-bond donors (Lipinski definition) is 2. The van der Waals surface area contributed by atoms with Crippen LogP contribution in [0.5, 0.6) is 0 Å². The fourth-order valence-corrected chi connectivity index (χ4v) is 2.89. The Kier molecular flexibility index (Phi) is 7.63. The molecule has 26 heavy (non-hydrogen) atoms. The number of carbonyl (C=O) groups excluding carboxylic acids is 1. The first-order valence-corrected chi connectivity index (χ1v) is 8.79. The van der Waals surface area contributed by atoms with Crippen molar-refractivity contribution in [2.45, 2.75) is 19.8 Å². The second-order valence-corrected chi connectivity index (χ2v) is 5.89. The van der Waals surface area contributed by atoms with E-state index in [0.717, 1.165) is 35.6 Å². The standard InChI is InChI=1S/C20H24N4O.ClH/c1-2-21-14-15-22-20(25)13-12-19-23-17-10-6-7-11-18(17)24(19)16-8-4-3-5-9-16;/h3-11,21H,2,12-15H2,1H3,(H,22,25);1H. The minimum absolute atomic E-state index is 0. The van der Waals surface area contributed by atoms with Crippen molar-refractivity contribution < 1.29 is 4.79 Å². The lowest BCUT2D eigenvalue weighted by atomic mass is 10.2. The van der Waals surface area contributed by atoms with Crippen molar-refractivity contribution in [3.8, 4) is 5.69 Å². The molecule has 138 valence electrons. The molecule has 0 saturated carbocycles. The van der Waals surface area contributed by atoms with Crippen LogP contribution >= 0.6 is 12.4 Å². The average molecular weight is 373 g/mol. The zero-order chi connectivity index (χ0) is 17.5. The van der Waals surface area contributed by atoms with E-state index in [1.807, 2.05) is 36.4 Å². The van der Waals surface area contributed by atoms with Gasteiger partial charge < -0.3 is 10.6 Å². The molecule has 1 amide bonds. The Hall–Kier alpha value is -2.37. The smallest absolute Gasteiger partial charge is 0.220 e. The van der Waals surface area contributed by atoms with E-state index in [1.54, 1.807) is 0 Å². The number of nitrogens with one attached hydrogen (secondary N) is 2. The second kappa shape index (κ2) is 9.94. The molecule has 5 nitrogen and oxygen atoms in total. The maximum atomic E-state index is 12.1. The number of rotatable bonds is 8. The predicted octanol–water partition coefficient (Wildman–Crippen LogP) is 3.11. The molecule has 0 aliphatic rings. The summed E-state index contributed by atoms with van der Waals surface area (Å²) in [5.74, 6) is 0.971. The Morgan fingerprint density at radius 1 is 1.04 bits per heavy atom. The van der Waals surface area contributed by atoms with Gasteiger partial charge in [0, 0.05) is 31.6 Å². The van der Waals surface area contributed by atoms with Crippen molar-refractivity contribution in [2.75, 3.05) is 19.6 Å². The molecule has 1 aromatic heterocycles. The monoisotopic (exact) mass is 372 g/mol. The fourth-order valence-electron chi connectivity index (χ4n) is 2.89. The molecule has 0 fully saturated rings. The minimum atomic E-state index is 0. The number of imidazole rings is 1. The van der Waals surface area contributed by atoms with Crippen LogP contribution < -0.4 is 10.6 Å². The molecule has 0 radical (unpaired) electrons. The summed E-state index contributed by atoms with van der Waals surface area (Å²) in [6.07, 6.45) is 1.04. The van der Waals surface area contributed by atoms with Crippen molar-refractivity contribution in [2.24, 2.45) is 0 Å². The van der Waals surface area contributed by atoms with Gasteiger partial charge in [0.25, 0.3) is 0 Å². The molecule has 3 rings (SSSR count). The number of aryl methyl sites for hydroxylation is 1. The molecule has 0 aliphatic carbocycles. The van der Waals surface area contributed by atoms with Gasteiger partial charge in [-0.05, 0) is 30.8 Å². The lowest BCUT2D eigenvalue weighted by Gasteiger charge is -2.09. The molecule has 0 atom stereocenters. The third kappa shape index (κ3) is 4.84. The van der Waals surface area contributed by atoms with E-state index >= 15 is 0 Å². The predicted molar refractivity (Wildman–Crippen MR) is 108 cm³/mol. The molecular weight excluding hydrogens is 348 g/mol. The Morgan fingerprint density at radius 2 is 1.77 bits per heavy atom. The number of halogens is 1. The normalized spacial score (nSPS) is 10.5. The van der Waals surface area contributed by atoms with Crippen LogP contribution in [0.25, 0.3) is 16.7 Å². The first-order valence-electron chi connectivity index (χ1n) is 8.79. The number of amides is 1. The number of para-hydroxylation sites is 3. The van der Waals surface area contributed by atoms with E-state index < -0.39 is 0 Å². The van der Waals surface area contributed by atoms with Gasteiger partial charge in [0.05, 0.1) is 11.0 Å². The Balaban J connectivity index is 0.00000243. The summed E-state index contributed by atoms with van der Waals surface area (Å²) in [5, 5.41) is 6.14. The molecule has 0 spiro atoms. The maximum Gasteiger partial charge on any atom is 0.220 e. The number of fused-ring (bicyclic) bond motifs is 1.